The SMILES string of the molecule is CCOc1ccc(C(=O)CCC(=O)C(=O)OCc2ccccc2)cc1. The van der Waals surface area contributed by atoms with Gasteiger partial charge in [0.05, 0.1) is 6.61 Å². The Hall–Kier alpha value is -2.95. The molecule has 5 nitrogen and oxygen atoms in total. The van der Waals surface area contributed by atoms with Crippen LogP contribution in [-0.4, -0.2) is 24.1 Å². The number of carbonyl (C=O) groups excluding carboxylic acids is 3. The van der Waals surface area contributed by atoms with Crippen LogP contribution in [0.2, 0.25) is 0 Å². The van der Waals surface area contributed by atoms with Crippen molar-refractivity contribution < 1.29 is 23.9 Å². The van der Waals surface area contributed by atoms with Gasteiger partial charge in [-0.15, -0.1) is 0 Å². The van der Waals surface area contributed by atoms with Crippen molar-refractivity contribution in [1.29, 1.82) is 0 Å². The van der Waals surface area contributed by atoms with E-state index in [1.54, 1.807) is 36.4 Å². The normalized spacial score (nSPS) is 10.1. The van der Waals surface area contributed by atoms with Gasteiger partial charge in [0, 0.05) is 18.4 Å². The summed E-state index contributed by atoms with van der Waals surface area (Å²) in [5.41, 5.74) is 1.28. The highest BCUT2D eigenvalue weighted by molar-refractivity contribution is 6.34. The van der Waals surface area contributed by atoms with E-state index in [0.717, 1.165) is 5.56 Å². The van der Waals surface area contributed by atoms with Gasteiger partial charge in [0.1, 0.15) is 12.4 Å². The second-order valence-corrected chi connectivity index (χ2v) is 5.37. The van der Waals surface area contributed by atoms with Crippen molar-refractivity contribution in [2.45, 2.75) is 26.4 Å². The molecule has 2 aromatic rings. The molecule has 2 rings (SSSR count). The van der Waals surface area contributed by atoms with Crippen molar-refractivity contribution in [2.24, 2.45) is 0 Å². The van der Waals surface area contributed by atoms with Crippen molar-refractivity contribution >= 4 is 17.5 Å². The van der Waals surface area contributed by atoms with Crippen molar-refractivity contribution in [3.63, 3.8) is 0 Å². The van der Waals surface area contributed by atoms with Crippen LogP contribution in [0.5, 0.6) is 5.75 Å². The molecule has 130 valence electrons. The van der Waals surface area contributed by atoms with E-state index < -0.39 is 11.8 Å². The van der Waals surface area contributed by atoms with Crippen molar-refractivity contribution in [2.75, 3.05) is 6.61 Å². The molecule has 0 aromatic heterocycles. The summed E-state index contributed by atoms with van der Waals surface area (Å²) in [5.74, 6) is -1.13. The van der Waals surface area contributed by atoms with Gasteiger partial charge in [-0.2, -0.15) is 0 Å². The molecule has 0 aliphatic rings. The molecule has 0 N–H and O–H groups in total. The third-order valence-electron chi connectivity index (χ3n) is 3.51. The Kier molecular flexibility index (Phi) is 6.89. The largest absolute Gasteiger partial charge is 0.494 e. The first-order chi connectivity index (χ1) is 12.1. The van der Waals surface area contributed by atoms with Gasteiger partial charge in [-0.1, -0.05) is 30.3 Å². The summed E-state index contributed by atoms with van der Waals surface area (Å²) >= 11 is 0. The van der Waals surface area contributed by atoms with Gasteiger partial charge in [0.2, 0.25) is 5.78 Å². The average molecular weight is 340 g/mol. The maximum atomic E-state index is 12.1. The average Bonchev–Trinajstić information content (AvgIpc) is 2.65. The molecule has 2 aromatic carbocycles. The van der Waals surface area contributed by atoms with Gasteiger partial charge in [0.15, 0.2) is 5.78 Å². The standard InChI is InChI=1S/C20H20O5/c1-2-24-17-10-8-16(9-11-17)18(21)12-13-19(22)20(23)25-14-15-6-4-3-5-7-15/h3-11H,2,12-14H2,1H3. The molecular formula is C20H20O5. The van der Waals surface area contributed by atoms with Gasteiger partial charge >= 0.3 is 5.97 Å². The Morgan fingerprint density at radius 3 is 2.20 bits per heavy atom. The number of rotatable bonds is 9. The fraction of sp³-hybridized carbons (Fsp3) is 0.250. The van der Waals surface area contributed by atoms with Gasteiger partial charge in [-0.05, 0) is 36.8 Å². The molecule has 0 saturated heterocycles. The minimum absolute atomic E-state index is 0.0345. The predicted octanol–water partition coefficient (Wildman–Crippen LogP) is 3.36. The van der Waals surface area contributed by atoms with Gasteiger partial charge in [0.25, 0.3) is 0 Å². The Morgan fingerprint density at radius 2 is 1.56 bits per heavy atom. The van der Waals surface area contributed by atoms with E-state index in [9.17, 15) is 14.4 Å². The number of hydrogen-bond donors (Lipinski definition) is 0. The quantitative estimate of drug-likeness (QED) is 0.398. The topological polar surface area (TPSA) is 69.7 Å². The number of carbonyl (C=O) groups is 3. The Balaban J connectivity index is 1.78. The molecule has 0 aliphatic heterocycles. The van der Waals surface area contributed by atoms with Gasteiger partial charge < -0.3 is 9.47 Å². The third-order valence-corrected chi connectivity index (χ3v) is 3.51. The molecule has 0 unspecified atom stereocenters. The Labute approximate surface area is 146 Å². The molecule has 0 bridgehead atoms. The van der Waals surface area contributed by atoms with Crippen LogP contribution in [0.15, 0.2) is 54.6 Å². The van der Waals surface area contributed by atoms with Crippen LogP contribution in [0.1, 0.15) is 35.7 Å². The van der Waals surface area contributed by atoms with Crippen LogP contribution in [-0.2, 0) is 20.9 Å². The van der Waals surface area contributed by atoms with E-state index in [4.69, 9.17) is 9.47 Å². The highest BCUT2D eigenvalue weighted by atomic mass is 16.5. The summed E-state index contributed by atoms with van der Waals surface area (Å²) < 4.78 is 10.3. The third kappa shape index (κ3) is 5.88. The number of benzene rings is 2. The molecule has 0 radical (unpaired) electrons. The Morgan fingerprint density at radius 1 is 0.880 bits per heavy atom. The second-order valence-electron chi connectivity index (χ2n) is 5.37. The van der Waals surface area contributed by atoms with E-state index >= 15 is 0 Å². The number of ether oxygens (including phenoxy) is 2. The first-order valence-corrected chi connectivity index (χ1v) is 8.10. The van der Waals surface area contributed by atoms with Gasteiger partial charge in [-0.25, -0.2) is 4.79 Å². The second kappa shape index (κ2) is 9.37. The van der Waals surface area contributed by atoms with Crippen LogP contribution < -0.4 is 4.74 Å². The summed E-state index contributed by atoms with van der Waals surface area (Å²) in [6.07, 6.45) is -0.201. The molecule has 0 atom stereocenters. The molecule has 0 heterocycles. The molecule has 0 amide bonds. The highest BCUT2D eigenvalue weighted by Crippen LogP contribution is 2.14. The van der Waals surface area contributed by atoms with Crippen LogP contribution in [0.4, 0.5) is 0 Å². The summed E-state index contributed by atoms with van der Waals surface area (Å²) in [4.78, 5) is 35.6. The van der Waals surface area contributed by atoms with Crippen LogP contribution in [0.25, 0.3) is 0 Å². The number of hydrogen-bond acceptors (Lipinski definition) is 5. The number of ketones is 2. The van der Waals surface area contributed by atoms with E-state index in [-0.39, 0.29) is 25.2 Å². The van der Waals surface area contributed by atoms with Crippen LogP contribution >= 0.6 is 0 Å². The lowest BCUT2D eigenvalue weighted by atomic mass is 10.0. The first-order valence-electron chi connectivity index (χ1n) is 8.10. The van der Waals surface area contributed by atoms with Crippen molar-refractivity contribution in [1.82, 2.24) is 0 Å². The fourth-order valence-corrected chi connectivity index (χ4v) is 2.18. The molecular weight excluding hydrogens is 320 g/mol. The monoisotopic (exact) mass is 340 g/mol. The highest BCUT2D eigenvalue weighted by Gasteiger charge is 2.17. The van der Waals surface area contributed by atoms with Crippen LogP contribution in [0.3, 0.4) is 0 Å². The van der Waals surface area contributed by atoms with E-state index in [0.29, 0.717) is 17.9 Å². The maximum Gasteiger partial charge on any atom is 0.374 e. The zero-order valence-electron chi connectivity index (χ0n) is 14.1. The molecule has 5 heteroatoms. The lowest BCUT2D eigenvalue weighted by molar-refractivity contribution is -0.154. The van der Waals surface area contributed by atoms with Gasteiger partial charge in [-0.3, -0.25) is 9.59 Å². The minimum atomic E-state index is -0.914. The number of esters is 1. The van der Waals surface area contributed by atoms with E-state index in [1.807, 2.05) is 25.1 Å². The zero-order chi connectivity index (χ0) is 18.1. The summed E-state index contributed by atoms with van der Waals surface area (Å²) in [6, 6.07) is 15.8. The van der Waals surface area contributed by atoms with Crippen molar-refractivity contribution in [3.05, 3.63) is 65.7 Å². The molecule has 0 spiro atoms. The summed E-state index contributed by atoms with van der Waals surface area (Å²) in [6.45, 7) is 2.46. The molecule has 0 fully saturated rings. The van der Waals surface area contributed by atoms with E-state index in [2.05, 4.69) is 0 Å². The lowest BCUT2D eigenvalue weighted by Gasteiger charge is -2.05. The first kappa shape index (κ1) is 18.4. The van der Waals surface area contributed by atoms with Crippen LogP contribution in [0, 0.1) is 0 Å². The summed E-state index contributed by atoms with van der Waals surface area (Å²) in [5, 5.41) is 0. The molecule has 25 heavy (non-hydrogen) atoms. The van der Waals surface area contributed by atoms with Crippen molar-refractivity contribution in [3.8, 4) is 5.75 Å². The Bertz CT molecular complexity index is 720. The van der Waals surface area contributed by atoms with E-state index in [1.165, 1.54) is 0 Å². The smallest absolute Gasteiger partial charge is 0.374 e. The fourth-order valence-electron chi connectivity index (χ4n) is 2.18. The predicted molar refractivity (Wildman–Crippen MR) is 92.4 cm³/mol. The lowest BCUT2D eigenvalue weighted by Crippen LogP contribution is -2.18. The zero-order valence-corrected chi connectivity index (χ0v) is 14.1. The maximum absolute atomic E-state index is 12.1. The minimum Gasteiger partial charge on any atom is -0.494 e. The molecule has 0 saturated carbocycles. The molecule has 0 aliphatic carbocycles. The number of Topliss-reactive ketones (excluding diaryl/α,β-unsaturated/α-hetero) is 2. The summed E-state index contributed by atoms with van der Waals surface area (Å²) in [7, 11) is 0.